The molecule has 0 aliphatic rings. The molecule has 56 heavy (non-hydrogen) atoms. The van der Waals surface area contributed by atoms with Crippen LogP contribution in [0.2, 0.25) is 0 Å². The van der Waals surface area contributed by atoms with E-state index in [1.165, 1.54) is 141 Å². The van der Waals surface area contributed by atoms with Gasteiger partial charge in [0.05, 0.1) is 25.2 Å². The van der Waals surface area contributed by atoms with E-state index in [1.807, 2.05) is 0 Å². The van der Waals surface area contributed by atoms with E-state index >= 15 is 0 Å². The molecule has 0 heterocycles. The third-order valence-corrected chi connectivity index (χ3v) is 11.3. The molecule has 0 aromatic heterocycles. The summed E-state index contributed by atoms with van der Waals surface area (Å²) in [5.41, 5.74) is 0. The highest BCUT2D eigenvalue weighted by Gasteiger charge is 2.24. The number of carbonyl (C=O) groups is 2. The molecule has 6 heteroatoms. The van der Waals surface area contributed by atoms with E-state index in [0.717, 1.165) is 70.6 Å². The maximum Gasteiger partial charge on any atom is 0.306 e. The van der Waals surface area contributed by atoms with Crippen LogP contribution >= 0.6 is 0 Å². The molecule has 1 amide bonds. The summed E-state index contributed by atoms with van der Waals surface area (Å²) in [6, 6.07) is -0.703. The number of hydrogen-bond acceptors (Lipinski definition) is 5. The van der Waals surface area contributed by atoms with Crippen molar-refractivity contribution in [2.75, 3.05) is 6.61 Å². The lowest BCUT2D eigenvalue weighted by atomic mass is 10.0. The molecule has 0 bridgehead atoms. The van der Waals surface area contributed by atoms with Gasteiger partial charge in [-0.1, -0.05) is 199 Å². The maximum absolute atomic E-state index is 13.2. The first-order chi connectivity index (χ1) is 27.5. The van der Waals surface area contributed by atoms with Gasteiger partial charge < -0.3 is 20.3 Å². The molecule has 0 spiro atoms. The minimum absolute atomic E-state index is 0.0671. The van der Waals surface area contributed by atoms with Crippen LogP contribution in [0.15, 0.2) is 24.3 Å². The topological polar surface area (TPSA) is 95.9 Å². The molecule has 0 fully saturated rings. The van der Waals surface area contributed by atoms with Crippen molar-refractivity contribution < 1.29 is 24.5 Å². The number of carbonyl (C=O) groups excluding carboxylic acids is 2. The van der Waals surface area contributed by atoms with Crippen molar-refractivity contribution >= 4 is 11.9 Å². The van der Waals surface area contributed by atoms with Crippen molar-refractivity contribution in [2.24, 2.45) is 0 Å². The highest BCUT2D eigenvalue weighted by molar-refractivity contribution is 5.77. The zero-order chi connectivity index (χ0) is 41.0. The number of nitrogens with one attached hydrogen (secondary N) is 1. The standard InChI is InChI=1S/C50H95NO5/c1-4-7-10-13-16-19-22-24-25-27-29-32-35-38-41-46(56-50(55)43-40-37-34-31-26-21-18-15-12-9-6-3)44-49(54)51-47(45-52)48(53)42-39-36-33-30-28-23-20-17-14-11-8-5-2/h15,18,25,27,46-48,52-53H,4-14,16-17,19-24,26,28-45H2,1-3H3,(H,51,54)/b18-15-,27-25+. The predicted octanol–water partition coefficient (Wildman–Crippen LogP) is 14.3. The van der Waals surface area contributed by atoms with Crippen LogP contribution in [0.3, 0.4) is 0 Å². The number of rotatable bonds is 44. The zero-order valence-electron chi connectivity index (χ0n) is 37.5. The Morgan fingerprint density at radius 3 is 1.34 bits per heavy atom. The van der Waals surface area contributed by atoms with E-state index in [1.54, 1.807) is 0 Å². The first-order valence-corrected chi connectivity index (χ1v) is 24.6. The fourth-order valence-electron chi connectivity index (χ4n) is 7.46. The number of hydrogen-bond donors (Lipinski definition) is 3. The zero-order valence-corrected chi connectivity index (χ0v) is 37.5. The number of unbranched alkanes of at least 4 members (excludes halogenated alkanes) is 28. The summed E-state index contributed by atoms with van der Waals surface area (Å²) in [6.45, 7) is 6.44. The van der Waals surface area contributed by atoms with Crippen molar-refractivity contribution in [2.45, 2.75) is 277 Å². The number of aliphatic hydroxyl groups is 2. The fraction of sp³-hybridized carbons (Fsp3) is 0.880. The van der Waals surface area contributed by atoms with Crippen LogP contribution in [0.4, 0.5) is 0 Å². The van der Waals surface area contributed by atoms with Crippen molar-refractivity contribution in [3.8, 4) is 0 Å². The molecular formula is C50H95NO5. The van der Waals surface area contributed by atoms with E-state index in [4.69, 9.17) is 4.74 Å². The molecule has 6 nitrogen and oxygen atoms in total. The summed E-state index contributed by atoms with van der Waals surface area (Å²) < 4.78 is 5.90. The van der Waals surface area contributed by atoms with Crippen LogP contribution < -0.4 is 5.32 Å². The van der Waals surface area contributed by atoms with Gasteiger partial charge in [-0.05, 0) is 70.6 Å². The van der Waals surface area contributed by atoms with Gasteiger partial charge in [-0.2, -0.15) is 0 Å². The third-order valence-electron chi connectivity index (χ3n) is 11.3. The predicted molar refractivity (Wildman–Crippen MR) is 241 cm³/mol. The lowest BCUT2D eigenvalue weighted by molar-refractivity contribution is -0.151. The Bertz CT molecular complexity index is 889. The first kappa shape index (κ1) is 54.3. The molecule has 3 N–H and O–H groups in total. The highest BCUT2D eigenvalue weighted by atomic mass is 16.5. The summed E-state index contributed by atoms with van der Waals surface area (Å²) in [5, 5.41) is 23.7. The lowest BCUT2D eigenvalue weighted by Crippen LogP contribution is -2.46. The fourth-order valence-corrected chi connectivity index (χ4v) is 7.46. The van der Waals surface area contributed by atoms with E-state index in [9.17, 15) is 19.8 Å². The number of amides is 1. The lowest BCUT2D eigenvalue weighted by Gasteiger charge is -2.24. The normalized spacial score (nSPS) is 13.4. The highest BCUT2D eigenvalue weighted by Crippen LogP contribution is 2.17. The molecule has 3 atom stereocenters. The largest absolute Gasteiger partial charge is 0.462 e. The van der Waals surface area contributed by atoms with Crippen molar-refractivity contribution in [1.82, 2.24) is 5.32 Å². The van der Waals surface area contributed by atoms with Gasteiger partial charge in [-0.15, -0.1) is 0 Å². The second-order valence-corrected chi connectivity index (χ2v) is 16.9. The molecule has 0 rings (SSSR count). The van der Waals surface area contributed by atoms with Gasteiger partial charge in [-0.3, -0.25) is 9.59 Å². The van der Waals surface area contributed by atoms with E-state index in [2.05, 4.69) is 50.4 Å². The van der Waals surface area contributed by atoms with Crippen LogP contribution in [0.25, 0.3) is 0 Å². The summed E-state index contributed by atoms with van der Waals surface area (Å²) >= 11 is 0. The second kappa shape index (κ2) is 44.4. The van der Waals surface area contributed by atoms with Gasteiger partial charge in [0.15, 0.2) is 0 Å². The average molecular weight is 790 g/mol. The Balaban J connectivity index is 4.60. The monoisotopic (exact) mass is 790 g/mol. The Morgan fingerprint density at radius 1 is 0.500 bits per heavy atom. The molecule has 0 aliphatic heterocycles. The summed E-state index contributed by atoms with van der Waals surface area (Å²) in [6.07, 6.45) is 49.5. The van der Waals surface area contributed by atoms with Gasteiger partial charge in [0, 0.05) is 6.42 Å². The van der Waals surface area contributed by atoms with Gasteiger partial charge in [0.2, 0.25) is 5.91 Å². The van der Waals surface area contributed by atoms with E-state index < -0.39 is 18.2 Å². The average Bonchev–Trinajstić information content (AvgIpc) is 3.19. The Labute approximate surface area is 348 Å². The van der Waals surface area contributed by atoms with Crippen LogP contribution in [-0.4, -0.2) is 46.9 Å². The Morgan fingerprint density at radius 2 is 0.875 bits per heavy atom. The van der Waals surface area contributed by atoms with Crippen molar-refractivity contribution in [3.05, 3.63) is 24.3 Å². The number of ether oxygens (including phenoxy) is 1. The van der Waals surface area contributed by atoms with Crippen molar-refractivity contribution in [1.29, 1.82) is 0 Å². The molecule has 0 aromatic carbocycles. The number of allylic oxidation sites excluding steroid dienone is 4. The van der Waals surface area contributed by atoms with Crippen LogP contribution in [0.1, 0.15) is 258 Å². The SMILES string of the molecule is CCCC/C=C\CCCCCCCC(=O)OC(CCCCC/C=C/CCCCCCCCC)CC(=O)NC(CO)C(O)CCCCCCCCCCCCCC. The number of esters is 1. The summed E-state index contributed by atoms with van der Waals surface area (Å²) in [4.78, 5) is 26.0. The molecule has 0 saturated carbocycles. The minimum atomic E-state index is -0.788. The van der Waals surface area contributed by atoms with Crippen LogP contribution in [-0.2, 0) is 14.3 Å². The molecule has 0 radical (unpaired) electrons. The first-order valence-electron chi connectivity index (χ1n) is 24.6. The van der Waals surface area contributed by atoms with Crippen LogP contribution in [0, 0.1) is 0 Å². The Kier molecular flexibility index (Phi) is 43.1. The second-order valence-electron chi connectivity index (χ2n) is 16.9. The number of aliphatic hydroxyl groups excluding tert-OH is 2. The maximum atomic E-state index is 13.2. The van der Waals surface area contributed by atoms with Crippen molar-refractivity contribution in [3.63, 3.8) is 0 Å². The van der Waals surface area contributed by atoms with Crippen LogP contribution in [0.5, 0.6) is 0 Å². The minimum Gasteiger partial charge on any atom is -0.462 e. The van der Waals surface area contributed by atoms with Gasteiger partial charge in [0.25, 0.3) is 0 Å². The van der Waals surface area contributed by atoms with E-state index in [0.29, 0.717) is 19.3 Å². The third kappa shape index (κ3) is 39.2. The summed E-state index contributed by atoms with van der Waals surface area (Å²) in [5.74, 6) is -0.492. The molecule has 330 valence electrons. The Hall–Kier alpha value is -1.66. The molecular weight excluding hydrogens is 695 g/mol. The molecule has 3 unspecified atom stereocenters. The van der Waals surface area contributed by atoms with Gasteiger partial charge in [-0.25, -0.2) is 0 Å². The summed E-state index contributed by atoms with van der Waals surface area (Å²) in [7, 11) is 0. The van der Waals surface area contributed by atoms with E-state index in [-0.39, 0.29) is 24.9 Å². The molecule has 0 aromatic rings. The van der Waals surface area contributed by atoms with Gasteiger partial charge >= 0.3 is 5.97 Å². The smallest absolute Gasteiger partial charge is 0.306 e. The molecule has 0 aliphatic carbocycles. The molecule has 0 saturated heterocycles. The quantitative estimate of drug-likeness (QED) is 0.0324. The van der Waals surface area contributed by atoms with Gasteiger partial charge in [0.1, 0.15) is 6.10 Å².